The fourth-order valence-electron chi connectivity index (χ4n) is 2.27. The molecule has 1 aliphatic rings. The van der Waals surface area contributed by atoms with Crippen molar-refractivity contribution in [3.05, 3.63) is 29.8 Å². The third-order valence-electron chi connectivity index (χ3n) is 3.28. The lowest BCUT2D eigenvalue weighted by molar-refractivity contribution is 0.199. The molecule has 0 spiro atoms. The molecule has 4 nitrogen and oxygen atoms in total. The summed E-state index contributed by atoms with van der Waals surface area (Å²) in [6.45, 7) is 4.68. The van der Waals surface area contributed by atoms with Crippen molar-refractivity contribution < 1.29 is 9.47 Å². The summed E-state index contributed by atoms with van der Waals surface area (Å²) in [6, 6.07) is 8.30. The Bertz CT molecular complexity index is 346. The molecule has 0 saturated carbocycles. The van der Waals surface area contributed by atoms with Crippen LogP contribution in [0.3, 0.4) is 0 Å². The van der Waals surface area contributed by atoms with Gasteiger partial charge in [0, 0.05) is 26.6 Å². The van der Waals surface area contributed by atoms with Gasteiger partial charge in [0.25, 0.3) is 0 Å². The summed E-state index contributed by atoms with van der Waals surface area (Å²) >= 11 is 0. The Kier molecular flexibility index (Phi) is 6.14. The molecular weight excluding hydrogens is 240 g/mol. The second kappa shape index (κ2) is 8.15. The molecule has 1 aromatic rings. The second-order valence-electron chi connectivity index (χ2n) is 4.85. The van der Waals surface area contributed by atoms with Gasteiger partial charge < -0.3 is 20.1 Å². The summed E-state index contributed by atoms with van der Waals surface area (Å²) in [4.78, 5) is 0. The van der Waals surface area contributed by atoms with Crippen LogP contribution in [-0.4, -0.2) is 46.0 Å². The van der Waals surface area contributed by atoms with Gasteiger partial charge in [0.15, 0.2) is 0 Å². The largest absolute Gasteiger partial charge is 0.488 e. The normalized spacial score (nSPS) is 17.2. The maximum atomic E-state index is 5.87. The minimum Gasteiger partial charge on any atom is -0.488 e. The summed E-state index contributed by atoms with van der Waals surface area (Å²) in [7, 11) is 1.73. The Balaban J connectivity index is 1.49. The van der Waals surface area contributed by atoms with Crippen LogP contribution < -0.4 is 15.4 Å². The van der Waals surface area contributed by atoms with E-state index in [9.17, 15) is 0 Å². The lowest BCUT2D eigenvalue weighted by Crippen LogP contribution is -2.32. The van der Waals surface area contributed by atoms with Crippen LogP contribution in [0, 0.1) is 0 Å². The molecular formula is C15H24N2O2. The molecule has 1 aromatic carbocycles. The number of methoxy groups -OCH3 is 1. The highest BCUT2D eigenvalue weighted by Crippen LogP contribution is 2.27. The van der Waals surface area contributed by atoms with Crippen LogP contribution in [-0.2, 0) is 11.2 Å². The van der Waals surface area contributed by atoms with E-state index in [4.69, 9.17) is 9.47 Å². The Morgan fingerprint density at radius 1 is 1.21 bits per heavy atom. The minimum atomic E-state index is 0.291. The SMILES string of the molecule is COCCNCCCNCC1Cc2ccccc2O1. The smallest absolute Gasteiger partial charge is 0.123 e. The molecule has 0 aromatic heterocycles. The molecule has 0 saturated heterocycles. The topological polar surface area (TPSA) is 42.5 Å². The van der Waals surface area contributed by atoms with E-state index < -0.39 is 0 Å². The minimum absolute atomic E-state index is 0.291. The molecule has 0 amide bonds. The van der Waals surface area contributed by atoms with E-state index in [0.717, 1.165) is 51.4 Å². The van der Waals surface area contributed by atoms with Crippen molar-refractivity contribution in [2.75, 3.05) is 39.9 Å². The van der Waals surface area contributed by atoms with Crippen LogP contribution in [0.25, 0.3) is 0 Å². The first-order valence-corrected chi connectivity index (χ1v) is 7.05. The first-order valence-electron chi connectivity index (χ1n) is 7.05. The third-order valence-corrected chi connectivity index (χ3v) is 3.28. The number of ether oxygens (including phenoxy) is 2. The van der Waals surface area contributed by atoms with Gasteiger partial charge in [-0.1, -0.05) is 18.2 Å². The van der Waals surface area contributed by atoms with Crippen LogP contribution in [0.5, 0.6) is 5.75 Å². The Morgan fingerprint density at radius 3 is 2.89 bits per heavy atom. The van der Waals surface area contributed by atoms with Crippen LogP contribution >= 0.6 is 0 Å². The van der Waals surface area contributed by atoms with Gasteiger partial charge in [0.2, 0.25) is 0 Å². The van der Waals surface area contributed by atoms with Gasteiger partial charge in [-0.15, -0.1) is 0 Å². The number of rotatable bonds is 9. The molecule has 4 heteroatoms. The van der Waals surface area contributed by atoms with E-state index >= 15 is 0 Å². The number of hydrogen-bond acceptors (Lipinski definition) is 4. The molecule has 19 heavy (non-hydrogen) atoms. The van der Waals surface area contributed by atoms with Gasteiger partial charge in [-0.3, -0.25) is 0 Å². The van der Waals surface area contributed by atoms with Crippen LogP contribution in [0.15, 0.2) is 24.3 Å². The lowest BCUT2D eigenvalue weighted by atomic mass is 10.1. The van der Waals surface area contributed by atoms with Crippen molar-refractivity contribution in [2.24, 2.45) is 0 Å². The summed E-state index contributed by atoms with van der Waals surface area (Å²) in [5.74, 6) is 1.05. The lowest BCUT2D eigenvalue weighted by Gasteiger charge is -2.12. The van der Waals surface area contributed by atoms with Crippen molar-refractivity contribution >= 4 is 0 Å². The van der Waals surface area contributed by atoms with Gasteiger partial charge in [0.1, 0.15) is 11.9 Å². The Hall–Kier alpha value is -1.10. The van der Waals surface area contributed by atoms with Crippen molar-refractivity contribution in [3.63, 3.8) is 0 Å². The Morgan fingerprint density at radius 2 is 2.05 bits per heavy atom. The van der Waals surface area contributed by atoms with Crippen molar-refractivity contribution in [1.29, 1.82) is 0 Å². The molecule has 1 unspecified atom stereocenters. The van der Waals surface area contributed by atoms with Gasteiger partial charge in [-0.2, -0.15) is 0 Å². The highest BCUT2D eigenvalue weighted by Gasteiger charge is 2.21. The molecule has 106 valence electrons. The van der Waals surface area contributed by atoms with Gasteiger partial charge in [-0.05, 0) is 31.1 Å². The van der Waals surface area contributed by atoms with Gasteiger partial charge in [-0.25, -0.2) is 0 Å². The van der Waals surface area contributed by atoms with Gasteiger partial charge in [0.05, 0.1) is 6.61 Å². The monoisotopic (exact) mass is 264 g/mol. The van der Waals surface area contributed by atoms with E-state index in [0.29, 0.717) is 6.10 Å². The Labute approximate surface area is 115 Å². The van der Waals surface area contributed by atoms with Crippen LogP contribution in [0.1, 0.15) is 12.0 Å². The molecule has 0 fully saturated rings. The number of fused-ring (bicyclic) bond motifs is 1. The van der Waals surface area contributed by atoms with E-state index in [1.54, 1.807) is 7.11 Å². The number of hydrogen-bond donors (Lipinski definition) is 2. The number of nitrogens with one attached hydrogen (secondary N) is 2. The zero-order valence-electron chi connectivity index (χ0n) is 11.7. The third kappa shape index (κ3) is 4.82. The van der Waals surface area contributed by atoms with Crippen LogP contribution in [0.4, 0.5) is 0 Å². The summed E-state index contributed by atoms with van der Waals surface area (Å²) < 4.78 is 10.8. The highest BCUT2D eigenvalue weighted by atomic mass is 16.5. The first kappa shape index (κ1) is 14.3. The van der Waals surface area contributed by atoms with Gasteiger partial charge >= 0.3 is 0 Å². The predicted octanol–water partition coefficient (Wildman–Crippen LogP) is 1.21. The van der Waals surface area contributed by atoms with Crippen molar-refractivity contribution in [2.45, 2.75) is 18.9 Å². The summed E-state index contributed by atoms with van der Waals surface area (Å²) in [5, 5.41) is 6.79. The number of benzene rings is 1. The highest BCUT2D eigenvalue weighted by molar-refractivity contribution is 5.37. The fraction of sp³-hybridized carbons (Fsp3) is 0.600. The molecule has 0 radical (unpaired) electrons. The van der Waals surface area contributed by atoms with Crippen molar-refractivity contribution in [3.8, 4) is 5.75 Å². The van der Waals surface area contributed by atoms with E-state index in [-0.39, 0.29) is 0 Å². The zero-order valence-corrected chi connectivity index (χ0v) is 11.7. The average Bonchev–Trinajstić information content (AvgIpc) is 2.84. The second-order valence-corrected chi connectivity index (χ2v) is 4.85. The fourth-order valence-corrected chi connectivity index (χ4v) is 2.27. The zero-order chi connectivity index (χ0) is 13.3. The quantitative estimate of drug-likeness (QED) is 0.658. The van der Waals surface area contributed by atoms with Crippen molar-refractivity contribution in [1.82, 2.24) is 10.6 Å². The maximum Gasteiger partial charge on any atom is 0.123 e. The summed E-state index contributed by atoms with van der Waals surface area (Å²) in [6.07, 6.45) is 2.44. The molecule has 1 heterocycles. The number of para-hydroxylation sites is 1. The van der Waals surface area contributed by atoms with E-state index in [1.165, 1.54) is 5.56 Å². The maximum absolute atomic E-state index is 5.87. The molecule has 2 N–H and O–H groups in total. The average molecular weight is 264 g/mol. The first-order chi connectivity index (χ1) is 9.40. The van der Waals surface area contributed by atoms with E-state index in [1.807, 2.05) is 6.07 Å². The molecule has 1 atom stereocenters. The molecule has 0 bridgehead atoms. The van der Waals surface area contributed by atoms with E-state index in [2.05, 4.69) is 28.8 Å². The molecule has 1 aliphatic heterocycles. The van der Waals surface area contributed by atoms with Crippen LogP contribution in [0.2, 0.25) is 0 Å². The predicted molar refractivity (Wildman–Crippen MR) is 76.8 cm³/mol. The summed E-state index contributed by atoms with van der Waals surface area (Å²) in [5.41, 5.74) is 1.33. The molecule has 0 aliphatic carbocycles. The molecule has 2 rings (SSSR count). The standard InChI is InChI=1S/C15H24N2O2/c1-18-10-9-16-7-4-8-17-12-14-11-13-5-2-3-6-15(13)19-14/h2-3,5-6,14,16-17H,4,7-12H2,1H3.